The molecule has 4 aliphatic rings. The average molecular weight is 505 g/mol. The summed E-state index contributed by atoms with van der Waals surface area (Å²) in [5, 5.41) is 11.8. The molecular weight excluding hydrogens is 444 g/mol. The van der Waals surface area contributed by atoms with Gasteiger partial charge in [0.1, 0.15) is 0 Å². The summed E-state index contributed by atoms with van der Waals surface area (Å²) in [6.07, 6.45) is 18.9. The molecule has 9 atom stereocenters. The quantitative estimate of drug-likeness (QED) is 0.333. The highest BCUT2D eigenvalue weighted by molar-refractivity contribution is 5.84. The minimum atomic E-state index is 0. The van der Waals surface area contributed by atoms with Crippen molar-refractivity contribution >= 4 is 5.71 Å². The molecule has 4 fully saturated rings. The third-order valence-electron chi connectivity index (χ3n) is 11.4. The summed E-state index contributed by atoms with van der Waals surface area (Å²) in [6.45, 7) is 16.0. The van der Waals surface area contributed by atoms with E-state index in [-0.39, 0.29) is 5.48 Å². The van der Waals surface area contributed by atoms with Crippen molar-refractivity contribution < 1.29 is 10.2 Å². The van der Waals surface area contributed by atoms with Crippen LogP contribution in [0.5, 0.6) is 0 Å². The van der Waals surface area contributed by atoms with Crippen LogP contribution in [0.15, 0.2) is 12.3 Å². The monoisotopic (exact) mass is 504 g/mol. The summed E-state index contributed by atoms with van der Waals surface area (Å²) in [7, 11) is 1.87. The van der Waals surface area contributed by atoms with Gasteiger partial charge in [0.2, 0.25) is 0 Å². The van der Waals surface area contributed by atoms with Crippen LogP contribution in [0.1, 0.15) is 112 Å². The lowest BCUT2D eigenvalue weighted by Gasteiger charge is -2.61. The Kier molecular flexibility index (Phi) is 12.0. The first kappa shape index (κ1) is 31.3. The zero-order valence-electron chi connectivity index (χ0n) is 24.8. The molecule has 0 aromatic rings. The number of allylic oxidation sites excluding steroid dienone is 1. The van der Waals surface area contributed by atoms with Crippen molar-refractivity contribution in [3.8, 4) is 0 Å². The number of fused-ring (bicyclic) bond motifs is 5. The molecule has 0 aromatic heterocycles. The minimum absolute atomic E-state index is 0. The lowest BCUT2D eigenvalue weighted by atomic mass is 9.44. The molecule has 4 N–H and O–H groups in total. The molecule has 0 aromatic carbocycles. The van der Waals surface area contributed by atoms with Crippen molar-refractivity contribution in [3.05, 3.63) is 12.3 Å². The molecule has 0 bridgehead atoms. The van der Waals surface area contributed by atoms with Crippen LogP contribution in [0, 0.1) is 57.7 Å². The van der Waals surface area contributed by atoms with Gasteiger partial charge in [-0.2, -0.15) is 0 Å². The Morgan fingerprint density at radius 2 is 1.72 bits per heavy atom. The van der Waals surface area contributed by atoms with Gasteiger partial charge in [-0.25, -0.2) is 0 Å². The molecule has 0 radical (unpaired) electrons. The van der Waals surface area contributed by atoms with Gasteiger partial charge < -0.3 is 20.9 Å². The van der Waals surface area contributed by atoms with E-state index in [1.807, 2.05) is 26.3 Å². The van der Waals surface area contributed by atoms with Gasteiger partial charge in [-0.3, -0.25) is 0 Å². The smallest absolute Gasteiger partial charge is 0.0490 e. The van der Waals surface area contributed by atoms with Gasteiger partial charge in [0, 0.05) is 31.9 Å². The highest BCUT2D eigenvalue weighted by atomic mass is 16.5. The van der Waals surface area contributed by atoms with Gasteiger partial charge >= 0.3 is 0 Å². The maximum absolute atomic E-state index is 8.55. The highest BCUT2D eigenvalue weighted by Crippen LogP contribution is 2.67. The van der Waals surface area contributed by atoms with Crippen LogP contribution < -0.4 is 5.32 Å². The summed E-state index contributed by atoms with van der Waals surface area (Å²) in [5.41, 5.74) is 2.07. The van der Waals surface area contributed by atoms with Crippen molar-refractivity contribution in [2.45, 2.75) is 112 Å². The second-order valence-corrected chi connectivity index (χ2v) is 13.2. The fourth-order valence-corrected chi connectivity index (χ4v) is 9.08. The van der Waals surface area contributed by atoms with Crippen molar-refractivity contribution in [2.75, 3.05) is 20.3 Å². The first-order valence-electron chi connectivity index (χ1n) is 15.2. The predicted molar refractivity (Wildman–Crippen MR) is 154 cm³/mol. The fraction of sp³-hybridized carbons (Fsp3) is 0.906. The van der Waals surface area contributed by atoms with Crippen molar-refractivity contribution in [1.29, 1.82) is 5.41 Å². The molecule has 0 aliphatic heterocycles. The van der Waals surface area contributed by atoms with Gasteiger partial charge in [-0.15, -0.1) is 0 Å². The Balaban J connectivity index is 0.000000394. The number of methoxy groups -OCH3 is 1. The van der Waals surface area contributed by atoms with Gasteiger partial charge in [-0.1, -0.05) is 47.1 Å². The highest BCUT2D eigenvalue weighted by Gasteiger charge is 2.60. The van der Waals surface area contributed by atoms with Crippen LogP contribution in [0.2, 0.25) is 0 Å². The molecular formula is C32H60N2O2. The normalized spacial score (nSPS) is 40.1. The molecule has 210 valence electrons. The molecule has 36 heavy (non-hydrogen) atoms. The Bertz CT molecular complexity index is 708. The maximum atomic E-state index is 8.55. The minimum Gasteiger partial charge on any atom is -0.412 e. The van der Waals surface area contributed by atoms with E-state index in [0.717, 1.165) is 60.8 Å². The van der Waals surface area contributed by atoms with Crippen molar-refractivity contribution in [2.24, 2.45) is 52.3 Å². The number of hydrogen-bond acceptors (Lipinski definition) is 3. The Morgan fingerprint density at radius 1 is 1.03 bits per heavy atom. The molecule has 0 saturated heterocycles. The molecule has 9 unspecified atom stereocenters. The first-order valence-corrected chi connectivity index (χ1v) is 15.2. The lowest BCUT2D eigenvalue weighted by molar-refractivity contribution is -0.118. The van der Waals surface area contributed by atoms with E-state index >= 15 is 0 Å². The van der Waals surface area contributed by atoms with E-state index in [9.17, 15) is 0 Å². The van der Waals surface area contributed by atoms with E-state index < -0.39 is 0 Å². The number of rotatable bonds is 8. The number of nitrogens with one attached hydrogen (secondary N) is 2. The third-order valence-corrected chi connectivity index (χ3v) is 11.4. The van der Waals surface area contributed by atoms with E-state index in [0.29, 0.717) is 16.7 Å². The van der Waals surface area contributed by atoms with Crippen LogP contribution in [0.4, 0.5) is 0 Å². The number of ether oxygens (including phenoxy) is 1. The molecule has 4 nitrogen and oxygen atoms in total. The van der Waals surface area contributed by atoms with Crippen molar-refractivity contribution in [1.82, 2.24) is 5.32 Å². The van der Waals surface area contributed by atoms with Gasteiger partial charge in [0.25, 0.3) is 0 Å². The Hall–Kier alpha value is -0.870. The van der Waals surface area contributed by atoms with Crippen LogP contribution in [0.25, 0.3) is 0 Å². The topological polar surface area (TPSA) is 76.6 Å². The zero-order valence-corrected chi connectivity index (χ0v) is 24.8. The SMILES string of the molecule is C/C=C\NCC(C)CC.CCC(=N)C1CCC2C3CCC4CC(COC)CCC4(C)C3CCC12C.O. The summed E-state index contributed by atoms with van der Waals surface area (Å²) in [4.78, 5) is 0. The average Bonchev–Trinajstić information content (AvgIpc) is 3.21. The Morgan fingerprint density at radius 3 is 2.36 bits per heavy atom. The largest absolute Gasteiger partial charge is 0.412 e. The molecule has 4 aliphatic carbocycles. The van der Waals surface area contributed by atoms with Crippen LogP contribution in [-0.2, 0) is 4.74 Å². The van der Waals surface area contributed by atoms with Crippen LogP contribution >= 0.6 is 0 Å². The van der Waals surface area contributed by atoms with Crippen LogP contribution in [0.3, 0.4) is 0 Å². The molecule has 0 amide bonds. The van der Waals surface area contributed by atoms with E-state index in [4.69, 9.17) is 10.1 Å². The van der Waals surface area contributed by atoms with E-state index in [1.165, 1.54) is 64.2 Å². The maximum Gasteiger partial charge on any atom is 0.0490 e. The summed E-state index contributed by atoms with van der Waals surface area (Å²) < 4.78 is 5.50. The molecule has 4 heteroatoms. The van der Waals surface area contributed by atoms with E-state index in [1.54, 1.807) is 0 Å². The van der Waals surface area contributed by atoms with Gasteiger partial charge in [0.15, 0.2) is 0 Å². The zero-order chi connectivity index (χ0) is 25.6. The molecule has 0 spiro atoms. The summed E-state index contributed by atoms with van der Waals surface area (Å²) >= 11 is 0. The predicted octanol–water partition coefficient (Wildman–Crippen LogP) is 7.67. The first-order chi connectivity index (χ1) is 16.7. The van der Waals surface area contributed by atoms with Gasteiger partial charge in [0.05, 0.1) is 0 Å². The third kappa shape index (κ3) is 6.40. The van der Waals surface area contributed by atoms with Crippen LogP contribution in [-0.4, -0.2) is 31.4 Å². The second kappa shape index (κ2) is 13.8. The lowest BCUT2D eigenvalue weighted by Crippen LogP contribution is -2.54. The van der Waals surface area contributed by atoms with Gasteiger partial charge in [-0.05, 0) is 124 Å². The summed E-state index contributed by atoms with van der Waals surface area (Å²) in [5.74, 6) is 5.92. The Labute approximate surface area is 223 Å². The molecule has 4 saturated carbocycles. The van der Waals surface area contributed by atoms with Crippen molar-refractivity contribution in [3.63, 3.8) is 0 Å². The molecule has 4 rings (SSSR count). The van der Waals surface area contributed by atoms with E-state index in [2.05, 4.69) is 39.9 Å². The second-order valence-electron chi connectivity index (χ2n) is 13.2. The standard InChI is InChI=1S/C24H41NO.C8H17N.H2O/c1-5-22(25)21-9-8-19-18-7-6-17-14-16(15-26-4)10-12-23(17,2)20(18)11-13-24(19,21)3;1-4-6-9-7-8(3)5-2;/h16-21,25H,5-15H2,1-4H3;4,6,8-9H,5,7H2,1-3H3;1H2/b;6-4-;. The molecule has 0 heterocycles. The number of hydrogen-bond donors (Lipinski definition) is 2. The fourth-order valence-electron chi connectivity index (χ4n) is 9.08. The summed E-state index contributed by atoms with van der Waals surface area (Å²) in [6, 6.07) is 0.